The standard InChI is InChI=1S/C28H30N4O3/c1-22-6-5-13-32-20-24(29-27(22)32)21-35-26-11-9-23(10-12-26)28(33)31-16-14-30(15-17-31)18-19-34-25-7-3-2-4-8-25/h2-13,20H,14-19,21H2,1H3. The number of imidazole rings is 1. The van der Waals surface area contributed by atoms with Gasteiger partial charge < -0.3 is 18.8 Å². The second-order valence-corrected chi connectivity index (χ2v) is 8.76. The van der Waals surface area contributed by atoms with Crippen LogP contribution in [0.15, 0.2) is 79.1 Å². The van der Waals surface area contributed by atoms with Crippen molar-refractivity contribution in [3.63, 3.8) is 0 Å². The summed E-state index contributed by atoms with van der Waals surface area (Å²) in [6.45, 7) is 7.06. The highest BCUT2D eigenvalue weighted by Gasteiger charge is 2.22. The van der Waals surface area contributed by atoms with Crippen LogP contribution in [-0.4, -0.2) is 64.4 Å². The van der Waals surface area contributed by atoms with Crippen LogP contribution >= 0.6 is 0 Å². The van der Waals surface area contributed by atoms with Crippen molar-refractivity contribution >= 4 is 11.6 Å². The Hall–Kier alpha value is -3.84. The third kappa shape index (κ3) is 5.63. The molecule has 1 aliphatic heterocycles. The van der Waals surface area contributed by atoms with Crippen molar-refractivity contribution in [2.24, 2.45) is 0 Å². The molecule has 0 N–H and O–H groups in total. The SMILES string of the molecule is Cc1cccn2cc(COc3ccc(C(=O)N4CCN(CCOc5ccccc5)CC4)cc3)nc12. The lowest BCUT2D eigenvalue weighted by molar-refractivity contribution is 0.0620. The van der Waals surface area contributed by atoms with Crippen LogP contribution in [0.1, 0.15) is 21.6 Å². The summed E-state index contributed by atoms with van der Waals surface area (Å²) >= 11 is 0. The van der Waals surface area contributed by atoms with Gasteiger partial charge in [0.05, 0.1) is 5.69 Å². The maximum atomic E-state index is 13.0. The summed E-state index contributed by atoms with van der Waals surface area (Å²) in [5.74, 6) is 1.67. The minimum absolute atomic E-state index is 0.0626. The van der Waals surface area contributed by atoms with E-state index in [4.69, 9.17) is 9.47 Å². The van der Waals surface area contributed by atoms with E-state index in [1.54, 1.807) is 0 Å². The molecular weight excluding hydrogens is 440 g/mol. The summed E-state index contributed by atoms with van der Waals surface area (Å²) in [5, 5.41) is 0. The highest BCUT2D eigenvalue weighted by molar-refractivity contribution is 5.94. The molecule has 1 aliphatic rings. The van der Waals surface area contributed by atoms with E-state index < -0.39 is 0 Å². The summed E-state index contributed by atoms with van der Waals surface area (Å²) < 4.78 is 13.7. The van der Waals surface area contributed by atoms with Crippen molar-refractivity contribution < 1.29 is 14.3 Å². The molecule has 0 saturated carbocycles. The number of benzene rings is 2. The number of aromatic nitrogens is 2. The number of pyridine rings is 1. The van der Waals surface area contributed by atoms with Gasteiger partial charge >= 0.3 is 0 Å². The molecule has 0 bridgehead atoms. The van der Waals surface area contributed by atoms with Gasteiger partial charge in [0.1, 0.15) is 30.4 Å². The average Bonchev–Trinajstić information content (AvgIpc) is 3.33. The third-order valence-electron chi connectivity index (χ3n) is 6.29. The second-order valence-electron chi connectivity index (χ2n) is 8.76. The minimum atomic E-state index is 0.0626. The molecule has 0 spiro atoms. The number of carbonyl (C=O) groups excluding carboxylic acids is 1. The van der Waals surface area contributed by atoms with E-state index in [0.717, 1.165) is 61.1 Å². The van der Waals surface area contributed by atoms with Gasteiger partial charge in [-0.25, -0.2) is 4.98 Å². The first-order valence-electron chi connectivity index (χ1n) is 12.0. The molecule has 3 heterocycles. The predicted octanol–water partition coefficient (Wildman–Crippen LogP) is 4.06. The number of piperazine rings is 1. The molecule has 4 aromatic rings. The molecule has 7 heteroatoms. The molecule has 2 aromatic heterocycles. The predicted molar refractivity (Wildman–Crippen MR) is 135 cm³/mol. The number of amides is 1. The number of fused-ring (bicyclic) bond motifs is 1. The number of hydrogen-bond acceptors (Lipinski definition) is 5. The van der Waals surface area contributed by atoms with Crippen LogP contribution in [0.4, 0.5) is 0 Å². The van der Waals surface area contributed by atoms with Gasteiger partial charge in [0.25, 0.3) is 5.91 Å². The Labute approximate surface area is 205 Å². The van der Waals surface area contributed by atoms with E-state index >= 15 is 0 Å². The maximum Gasteiger partial charge on any atom is 0.253 e. The lowest BCUT2D eigenvalue weighted by Crippen LogP contribution is -2.49. The molecule has 1 amide bonds. The Morgan fingerprint density at radius 2 is 1.63 bits per heavy atom. The number of nitrogens with zero attached hydrogens (tertiary/aromatic N) is 4. The lowest BCUT2D eigenvalue weighted by Gasteiger charge is -2.34. The van der Waals surface area contributed by atoms with Gasteiger partial charge in [0.15, 0.2) is 0 Å². The van der Waals surface area contributed by atoms with Gasteiger partial charge in [-0.2, -0.15) is 0 Å². The van der Waals surface area contributed by atoms with E-state index in [1.165, 1.54) is 0 Å². The zero-order chi connectivity index (χ0) is 24.0. The van der Waals surface area contributed by atoms with Gasteiger partial charge in [0.2, 0.25) is 0 Å². The molecule has 0 unspecified atom stereocenters. The van der Waals surface area contributed by atoms with Crippen molar-refractivity contribution in [3.05, 3.63) is 95.9 Å². The highest BCUT2D eigenvalue weighted by atomic mass is 16.5. The van der Waals surface area contributed by atoms with Crippen molar-refractivity contribution in [1.29, 1.82) is 0 Å². The highest BCUT2D eigenvalue weighted by Crippen LogP contribution is 2.17. The third-order valence-corrected chi connectivity index (χ3v) is 6.29. The van der Waals surface area contributed by atoms with E-state index in [0.29, 0.717) is 18.8 Å². The number of ether oxygens (including phenoxy) is 2. The fraction of sp³-hybridized carbons (Fsp3) is 0.286. The molecule has 35 heavy (non-hydrogen) atoms. The van der Waals surface area contributed by atoms with E-state index in [2.05, 4.69) is 9.88 Å². The summed E-state index contributed by atoms with van der Waals surface area (Å²) in [6, 6.07) is 21.3. The Morgan fingerprint density at radius 1 is 0.886 bits per heavy atom. The van der Waals surface area contributed by atoms with E-state index in [-0.39, 0.29) is 5.91 Å². The summed E-state index contributed by atoms with van der Waals surface area (Å²) in [5.41, 5.74) is 3.62. The fourth-order valence-electron chi connectivity index (χ4n) is 4.29. The zero-order valence-corrected chi connectivity index (χ0v) is 20.0. The number of carbonyl (C=O) groups is 1. The van der Waals surface area contributed by atoms with Crippen LogP contribution < -0.4 is 9.47 Å². The van der Waals surface area contributed by atoms with Crippen LogP contribution in [0.2, 0.25) is 0 Å². The van der Waals surface area contributed by atoms with Crippen molar-refractivity contribution in [2.75, 3.05) is 39.3 Å². The quantitative estimate of drug-likeness (QED) is 0.389. The Morgan fingerprint density at radius 3 is 2.37 bits per heavy atom. The average molecular weight is 471 g/mol. The first-order chi connectivity index (χ1) is 17.2. The maximum absolute atomic E-state index is 13.0. The van der Waals surface area contributed by atoms with E-state index in [9.17, 15) is 4.79 Å². The zero-order valence-electron chi connectivity index (χ0n) is 20.0. The van der Waals surface area contributed by atoms with Crippen LogP contribution in [0.3, 0.4) is 0 Å². The van der Waals surface area contributed by atoms with Crippen molar-refractivity contribution in [2.45, 2.75) is 13.5 Å². The van der Waals surface area contributed by atoms with Gasteiger partial charge in [-0.1, -0.05) is 24.3 Å². The molecule has 7 nitrogen and oxygen atoms in total. The lowest BCUT2D eigenvalue weighted by atomic mass is 10.1. The first-order valence-corrected chi connectivity index (χ1v) is 12.0. The Balaban J connectivity index is 1.08. The van der Waals surface area contributed by atoms with Crippen molar-refractivity contribution in [1.82, 2.24) is 19.2 Å². The molecule has 1 saturated heterocycles. The molecule has 0 aliphatic carbocycles. The van der Waals surface area contributed by atoms with Crippen LogP contribution in [0.5, 0.6) is 11.5 Å². The van der Waals surface area contributed by atoms with E-state index in [1.807, 2.05) is 95.3 Å². The number of rotatable bonds is 8. The topological polar surface area (TPSA) is 59.3 Å². The molecule has 1 fully saturated rings. The van der Waals surface area contributed by atoms with Gasteiger partial charge in [-0.3, -0.25) is 9.69 Å². The smallest absolute Gasteiger partial charge is 0.253 e. The van der Waals surface area contributed by atoms with Crippen LogP contribution in [0, 0.1) is 6.92 Å². The largest absolute Gasteiger partial charge is 0.492 e. The second kappa shape index (κ2) is 10.6. The fourth-order valence-corrected chi connectivity index (χ4v) is 4.29. The molecule has 0 atom stereocenters. The first kappa shape index (κ1) is 22.9. The Bertz CT molecular complexity index is 1260. The monoisotopic (exact) mass is 470 g/mol. The summed E-state index contributed by atoms with van der Waals surface area (Å²) in [7, 11) is 0. The van der Waals surface area contributed by atoms with Crippen LogP contribution in [0.25, 0.3) is 5.65 Å². The Kier molecular flexibility index (Phi) is 6.95. The van der Waals surface area contributed by atoms with Gasteiger partial charge in [-0.05, 0) is 55.0 Å². The normalized spacial score (nSPS) is 14.3. The van der Waals surface area contributed by atoms with Gasteiger partial charge in [0, 0.05) is 50.7 Å². The summed E-state index contributed by atoms with van der Waals surface area (Å²) in [4.78, 5) is 21.9. The molecule has 2 aromatic carbocycles. The van der Waals surface area contributed by atoms with Crippen molar-refractivity contribution in [3.8, 4) is 11.5 Å². The number of hydrogen-bond donors (Lipinski definition) is 0. The molecule has 0 radical (unpaired) electrons. The number of aryl methyl sites for hydroxylation is 1. The molecule has 5 rings (SSSR count). The molecular formula is C28H30N4O3. The summed E-state index contributed by atoms with van der Waals surface area (Å²) in [6.07, 6.45) is 3.96. The molecule has 180 valence electrons. The van der Waals surface area contributed by atoms with Crippen LogP contribution in [-0.2, 0) is 6.61 Å². The number of para-hydroxylation sites is 1. The van der Waals surface area contributed by atoms with Gasteiger partial charge in [-0.15, -0.1) is 0 Å². The minimum Gasteiger partial charge on any atom is -0.492 e.